The van der Waals surface area contributed by atoms with E-state index in [1.54, 1.807) is 4.90 Å². The Balaban J connectivity index is 1.33. The fourth-order valence-electron chi connectivity index (χ4n) is 6.03. The molecule has 154 valence electrons. The molecule has 7 nitrogen and oxygen atoms in total. The van der Waals surface area contributed by atoms with Gasteiger partial charge in [-0.25, -0.2) is 0 Å². The number of nitrogens with one attached hydrogen (secondary N) is 1. The van der Waals surface area contributed by atoms with Gasteiger partial charge < -0.3 is 10.6 Å². The van der Waals surface area contributed by atoms with Crippen molar-refractivity contribution in [3.8, 4) is 0 Å². The number of carbonyl (C=O) groups excluding carboxylic acids is 3. The van der Waals surface area contributed by atoms with E-state index in [1.807, 2.05) is 12.1 Å². The number of nitrogens with two attached hydrogens (primary N) is 1. The van der Waals surface area contributed by atoms with Crippen molar-refractivity contribution >= 4 is 17.7 Å². The second-order valence-corrected chi connectivity index (χ2v) is 9.38. The molecular weight excluding hydrogens is 368 g/mol. The number of piperidine rings is 1. The minimum Gasteiger partial charge on any atom is -0.329 e. The molecule has 7 heteroatoms. The molecule has 2 bridgehead atoms. The van der Waals surface area contributed by atoms with E-state index in [4.69, 9.17) is 5.73 Å². The summed E-state index contributed by atoms with van der Waals surface area (Å²) in [5.74, 6) is -0.741. The van der Waals surface area contributed by atoms with Gasteiger partial charge in [-0.3, -0.25) is 24.6 Å². The van der Waals surface area contributed by atoms with Crippen molar-refractivity contribution in [3.05, 3.63) is 34.9 Å². The van der Waals surface area contributed by atoms with E-state index in [-0.39, 0.29) is 29.7 Å². The van der Waals surface area contributed by atoms with Gasteiger partial charge in [-0.15, -0.1) is 0 Å². The van der Waals surface area contributed by atoms with E-state index in [9.17, 15) is 14.4 Å². The standard InChI is InChI=1S/C22H28N4O3/c1-2-21-10-22(11-21,12-23)25(13-21)8-14-3-4-15-9-26(20(29)16(15)7-14)17-5-6-18(27)24-19(17)28/h3-4,7,17H,2,5-6,8-13,23H2,1H3,(H,24,27,28). The van der Waals surface area contributed by atoms with E-state index >= 15 is 0 Å². The van der Waals surface area contributed by atoms with Crippen LogP contribution in [0, 0.1) is 5.41 Å². The third-order valence-electron chi connectivity index (χ3n) is 7.70. The maximum absolute atomic E-state index is 13.0. The second kappa shape index (κ2) is 6.37. The van der Waals surface area contributed by atoms with Gasteiger partial charge in [0.1, 0.15) is 6.04 Å². The number of amides is 3. The molecule has 3 saturated heterocycles. The largest absolute Gasteiger partial charge is 0.329 e. The van der Waals surface area contributed by atoms with Gasteiger partial charge in [-0.05, 0) is 48.3 Å². The number of nitrogens with zero attached hydrogens (tertiary/aromatic N) is 2. The highest BCUT2D eigenvalue weighted by Crippen LogP contribution is 2.60. The smallest absolute Gasteiger partial charge is 0.255 e. The van der Waals surface area contributed by atoms with Crippen molar-refractivity contribution in [2.45, 2.75) is 63.7 Å². The lowest BCUT2D eigenvalue weighted by atomic mass is 9.61. The first-order valence-electron chi connectivity index (χ1n) is 10.6. The van der Waals surface area contributed by atoms with E-state index in [0.717, 1.165) is 24.2 Å². The van der Waals surface area contributed by atoms with Crippen LogP contribution in [-0.4, -0.2) is 52.2 Å². The van der Waals surface area contributed by atoms with Crippen LogP contribution in [0.5, 0.6) is 0 Å². The van der Waals surface area contributed by atoms with Crippen molar-refractivity contribution in [2.24, 2.45) is 11.1 Å². The van der Waals surface area contributed by atoms with Crippen LogP contribution >= 0.6 is 0 Å². The van der Waals surface area contributed by atoms with E-state index < -0.39 is 6.04 Å². The molecule has 1 aromatic carbocycles. The average molecular weight is 396 g/mol. The fraction of sp³-hybridized carbons (Fsp3) is 0.591. The van der Waals surface area contributed by atoms with Crippen LogP contribution in [0.15, 0.2) is 18.2 Å². The summed E-state index contributed by atoms with van der Waals surface area (Å²) in [7, 11) is 0. The lowest BCUT2D eigenvalue weighted by Gasteiger charge is -2.47. The molecule has 4 aliphatic heterocycles. The molecular formula is C22H28N4O3. The number of carbonyl (C=O) groups is 3. The molecule has 29 heavy (non-hydrogen) atoms. The molecule has 4 fully saturated rings. The highest BCUT2D eigenvalue weighted by atomic mass is 16.2. The molecule has 3 N–H and O–H groups in total. The zero-order valence-electron chi connectivity index (χ0n) is 16.9. The number of rotatable bonds is 5. The molecule has 0 spiro atoms. The Morgan fingerprint density at radius 2 is 2.03 bits per heavy atom. The van der Waals surface area contributed by atoms with Gasteiger partial charge in [0, 0.05) is 43.7 Å². The molecule has 1 unspecified atom stereocenters. The quantitative estimate of drug-likeness (QED) is 0.728. The lowest BCUT2D eigenvalue weighted by molar-refractivity contribution is -0.136. The molecule has 4 heterocycles. The van der Waals surface area contributed by atoms with E-state index in [0.29, 0.717) is 30.5 Å². The first kappa shape index (κ1) is 18.8. The number of hydrogen-bond donors (Lipinski definition) is 2. The van der Waals surface area contributed by atoms with E-state index in [2.05, 4.69) is 23.2 Å². The number of fused-ring (bicyclic) bond motifs is 2. The summed E-state index contributed by atoms with van der Waals surface area (Å²) >= 11 is 0. The van der Waals surface area contributed by atoms with E-state index in [1.165, 1.54) is 19.3 Å². The van der Waals surface area contributed by atoms with Crippen molar-refractivity contribution in [2.75, 3.05) is 13.1 Å². The summed E-state index contributed by atoms with van der Waals surface area (Å²) in [6, 6.07) is 5.53. The summed E-state index contributed by atoms with van der Waals surface area (Å²) in [6.07, 6.45) is 4.22. The summed E-state index contributed by atoms with van der Waals surface area (Å²) in [5, 5.41) is 2.35. The van der Waals surface area contributed by atoms with Gasteiger partial charge in [0.05, 0.1) is 0 Å². The van der Waals surface area contributed by atoms with Gasteiger partial charge in [0.2, 0.25) is 11.8 Å². The minimum absolute atomic E-state index is 0.111. The van der Waals surface area contributed by atoms with Gasteiger partial charge in [0.25, 0.3) is 5.91 Å². The molecule has 1 aromatic rings. The first-order valence-corrected chi connectivity index (χ1v) is 10.6. The Morgan fingerprint density at radius 1 is 1.24 bits per heavy atom. The van der Waals surface area contributed by atoms with Crippen molar-refractivity contribution in [1.82, 2.24) is 15.1 Å². The van der Waals surface area contributed by atoms with Crippen LogP contribution in [-0.2, 0) is 22.7 Å². The van der Waals surface area contributed by atoms with Crippen molar-refractivity contribution in [3.63, 3.8) is 0 Å². The van der Waals surface area contributed by atoms with Crippen molar-refractivity contribution in [1.29, 1.82) is 0 Å². The number of hydrogen-bond acceptors (Lipinski definition) is 5. The van der Waals surface area contributed by atoms with Crippen LogP contribution < -0.4 is 11.1 Å². The molecule has 1 aliphatic carbocycles. The van der Waals surface area contributed by atoms with Gasteiger partial charge in [0.15, 0.2) is 0 Å². The van der Waals surface area contributed by atoms with Gasteiger partial charge in [-0.2, -0.15) is 0 Å². The fourth-order valence-corrected chi connectivity index (χ4v) is 6.03. The van der Waals surface area contributed by atoms with Crippen LogP contribution in [0.3, 0.4) is 0 Å². The third-order valence-corrected chi connectivity index (χ3v) is 7.70. The Kier molecular flexibility index (Phi) is 4.12. The summed E-state index contributed by atoms with van der Waals surface area (Å²) in [4.78, 5) is 40.8. The molecule has 6 rings (SSSR count). The first-order chi connectivity index (χ1) is 13.9. The summed E-state index contributed by atoms with van der Waals surface area (Å²) in [5.41, 5.74) is 9.44. The summed E-state index contributed by atoms with van der Waals surface area (Å²) in [6.45, 7) is 5.26. The van der Waals surface area contributed by atoms with Crippen LogP contribution in [0.25, 0.3) is 0 Å². The molecule has 3 amide bonds. The number of imide groups is 1. The van der Waals surface area contributed by atoms with Gasteiger partial charge >= 0.3 is 0 Å². The normalized spacial score (nSPS) is 33.7. The molecule has 0 aromatic heterocycles. The number of benzene rings is 1. The Labute approximate surface area is 170 Å². The monoisotopic (exact) mass is 396 g/mol. The maximum atomic E-state index is 13.0. The highest BCUT2D eigenvalue weighted by molar-refractivity contribution is 6.05. The lowest BCUT2D eigenvalue weighted by Crippen LogP contribution is -2.54. The third kappa shape index (κ3) is 2.74. The maximum Gasteiger partial charge on any atom is 0.255 e. The van der Waals surface area contributed by atoms with Gasteiger partial charge in [-0.1, -0.05) is 19.1 Å². The molecule has 0 radical (unpaired) electrons. The van der Waals surface area contributed by atoms with Crippen LogP contribution in [0.2, 0.25) is 0 Å². The SMILES string of the molecule is CCC12CN(Cc3ccc4c(c3)C(=O)N(C3CCC(=O)NC3=O)C4)C(CN)(C1)C2. The Hall–Kier alpha value is -2.25. The average Bonchev–Trinajstić information content (AvgIpc) is 3.28. The molecule has 1 saturated carbocycles. The Bertz CT molecular complexity index is 905. The minimum atomic E-state index is -0.563. The molecule has 5 aliphatic rings. The zero-order chi connectivity index (χ0) is 20.4. The second-order valence-electron chi connectivity index (χ2n) is 9.38. The Morgan fingerprint density at radius 3 is 2.72 bits per heavy atom. The molecule has 1 atom stereocenters. The predicted octanol–water partition coefficient (Wildman–Crippen LogP) is 1.15. The topological polar surface area (TPSA) is 95.7 Å². The highest BCUT2D eigenvalue weighted by Gasteiger charge is 2.63. The van der Waals surface area contributed by atoms with Crippen molar-refractivity contribution < 1.29 is 14.4 Å². The van der Waals surface area contributed by atoms with Crippen LogP contribution in [0.1, 0.15) is 60.5 Å². The zero-order valence-corrected chi connectivity index (χ0v) is 16.9. The van der Waals surface area contributed by atoms with Crippen LogP contribution in [0.4, 0.5) is 0 Å². The summed E-state index contributed by atoms with van der Waals surface area (Å²) < 4.78 is 0. The predicted molar refractivity (Wildman–Crippen MR) is 107 cm³/mol.